The number of rotatable bonds is 39. The lowest BCUT2D eigenvalue weighted by atomic mass is 9.97. The molecule has 27 N–H and O–H groups in total. The molecule has 0 aliphatic heterocycles. The van der Waals surface area contributed by atoms with Crippen LogP contribution in [0, 0.1) is 11.3 Å². The van der Waals surface area contributed by atoms with Gasteiger partial charge in [0.2, 0.25) is 65.0 Å². The highest BCUT2D eigenvalue weighted by molar-refractivity contribution is 5.99. The smallest absolute Gasteiger partial charge is 0.328 e. The Kier molecular flexibility index (Phi) is 33.2. The van der Waals surface area contributed by atoms with Crippen molar-refractivity contribution in [2.75, 3.05) is 32.9 Å². The Labute approximate surface area is 448 Å². The molecule has 0 radical (unpaired) electrons. The number of carbonyl (C=O) groups is 12. The summed E-state index contributed by atoms with van der Waals surface area (Å²) in [6, 6.07) is -17.2. The highest BCUT2D eigenvalue weighted by Gasteiger charge is 2.38. The fraction of sp³-hybridized carbons (Fsp3) is 0.705. The minimum Gasteiger partial charge on any atom is -0.480 e. The molecule has 0 aliphatic rings. The summed E-state index contributed by atoms with van der Waals surface area (Å²) in [7, 11) is 0. The molecule has 0 saturated heterocycles. The molecule has 0 saturated carbocycles. The number of hydrogen-bond donors (Lipinski definition) is 22. The number of nitrogens with one attached hydrogen (secondary N) is 11. The van der Waals surface area contributed by atoms with Crippen LogP contribution in [-0.4, -0.2) is 213 Å². The number of carbonyl (C=O) groups excluding carboxylic acids is 11. The second-order valence-corrected chi connectivity index (χ2v) is 18.1. The maximum atomic E-state index is 13.8. The molecule has 0 unspecified atom stereocenters. The number of aliphatic hydroxyl groups excluding tert-OH is 5. The first-order valence-corrected chi connectivity index (χ1v) is 24.7. The standard InChI is InChI=1S/C44H80N16O18/c1-5-19(2)31(41(75)57-27(17-62)39(73)53-24(10-8-14-51-44(49)50)37(71)60-33(21(4)65)43(77)78)58-40(74)28(18-63)56-38(72)26(15-30(48)67)55-35(69)25(11-12-29(47)66)54-42(76)32(20(3)64)59-36(70)23(9-6-7-13-45)52-34(68)22(46)16-61/h19-28,31-33,61-65H,5-18,45-46H2,1-4H3,(H2,47,66)(H2,48,67)(H,52,68)(H,53,73)(H,54,76)(H,55,69)(H,56,72)(H,57,75)(H,58,74)(H,59,70)(H,60,71)(H,77,78)(H4,49,50,51)/t19-,20+,21+,22-,23-,24-,25-,26-,27-,28-,31-,32-,33-/m0/s1. The van der Waals surface area contributed by atoms with Crippen LogP contribution in [0.2, 0.25) is 0 Å². The average molecular weight is 1120 g/mol. The van der Waals surface area contributed by atoms with Gasteiger partial charge < -0.3 is 112 Å². The Bertz CT molecular complexity index is 2070. The van der Waals surface area contributed by atoms with Crippen molar-refractivity contribution in [1.29, 1.82) is 5.41 Å². The fourth-order valence-electron chi connectivity index (χ4n) is 6.87. The summed E-state index contributed by atoms with van der Waals surface area (Å²) < 4.78 is 0. The maximum absolute atomic E-state index is 13.8. The van der Waals surface area contributed by atoms with Gasteiger partial charge in [-0.2, -0.15) is 0 Å². The topological polar surface area (TPSA) is 600 Å². The van der Waals surface area contributed by atoms with Crippen LogP contribution in [0.15, 0.2) is 0 Å². The Morgan fingerprint density at radius 1 is 0.487 bits per heavy atom. The SMILES string of the molecule is CC[C@H](C)[C@H](NC(=O)[C@H](CO)NC(=O)[C@H](CC(N)=O)NC(=O)[C@H](CCC(N)=O)NC(=O)[C@@H](NC(=O)[C@H](CCCCN)NC(=O)[C@@H](N)CO)[C@@H](C)O)C(=O)N[C@@H](CO)C(=O)N[C@@H](CCCNC(=N)N)C(=O)N[C@H](C(=O)O)[C@@H](C)O. The number of hydrogen-bond acceptors (Lipinski definition) is 20. The van der Waals surface area contributed by atoms with Gasteiger partial charge >= 0.3 is 5.97 Å². The molecule has 0 bridgehead atoms. The van der Waals surface area contributed by atoms with Gasteiger partial charge in [-0.25, -0.2) is 4.79 Å². The van der Waals surface area contributed by atoms with Crippen LogP contribution >= 0.6 is 0 Å². The van der Waals surface area contributed by atoms with E-state index in [2.05, 4.69) is 53.2 Å². The number of carboxylic acid groups (broad SMARTS) is 1. The van der Waals surface area contributed by atoms with Gasteiger partial charge in [0, 0.05) is 13.0 Å². The van der Waals surface area contributed by atoms with Gasteiger partial charge in [-0.1, -0.05) is 20.3 Å². The third kappa shape index (κ3) is 26.1. The molecule has 444 valence electrons. The van der Waals surface area contributed by atoms with E-state index < -0.39 is 195 Å². The molecule has 34 heteroatoms. The summed E-state index contributed by atoms with van der Waals surface area (Å²) in [5.74, 6) is -15.4. The Hall–Kier alpha value is -7.37. The normalized spacial score (nSPS) is 16.0. The van der Waals surface area contributed by atoms with Gasteiger partial charge in [0.1, 0.15) is 54.4 Å². The van der Waals surface area contributed by atoms with Crippen molar-refractivity contribution in [1.82, 2.24) is 53.2 Å². The summed E-state index contributed by atoms with van der Waals surface area (Å²) in [5.41, 5.74) is 27.0. The van der Waals surface area contributed by atoms with E-state index in [9.17, 15) is 88.2 Å². The van der Waals surface area contributed by atoms with Gasteiger partial charge in [-0.15, -0.1) is 0 Å². The summed E-state index contributed by atoms with van der Waals surface area (Å²) in [4.78, 5) is 157. The molecule has 13 atom stereocenters. The summed E-state index contributed by atoms with van der Waals surface area (Å²) in [5, 5.41) is 89.4. The number of aliphatic hydroxyl groups is 5. The molecule has 11 amide bonds. The minimum absolute atomic E-state index is 0.0160. The summed E-state index contributed by atoms with van der Waals surface area (Å²) in [6.07, 6.45) is -4.77. The van der Waals surface area contributed by atoms with E-state index in [-0.39, 0.29) is 38.8 Å². The van der Waals surface area contributed by atoms with Crippen molar-refractivity contribution in [3.05, 3.63) is 0 Å². The van der Waals surface area contributed by atoms with E-state index in [0.29, 0.717) is 12.8 Å². The second-order valence-electron chi connectivity index (χ2n) is 18.1. The third-order valence-electron chi connectivity index (χ3n) is 11.6. The number of carboxylic acids is 1. The lowest BCUT2D eigenvalue weighted by molar-refractivity contribution is -0.145. The number of primary amides is 2. The highest BCUT2D eigenvalue weighted by Crippen LogP contribution is 2.11. The summed E-state index contributed by atoms with van der Waals surface area (Å²) >= 11 is 0. The van der Waals surface area contributed by atoms with E-state index in [4.69, 9.17) is 34.1 Å². The van der Waals surface area contributed by atoms with Crippen molar-refractivity contribution in [2.24, 2.45) is 34.6 Å². The monoisotopic (exact) mass is 1120 g/mol. The number of nitrogens with two attached hydrogens (primary N) is 5. The van der Waals surface area contributed by atoms with Crippen LogP contribution in [0.25, 0.3) is 0 Å². The number of guanidine groups is 1. The third-order valence-corrected chi connectivity index (χ3v) is 11.6. The van der Waals surface area contributed by atoms with Crippen LogP contribution in [0.4, 0.5) is 0 Å². The molecule has 0 spiro atoms. The van der Waals surface area contributed by atoms with Crippen LogP contribution < -0.4 is 81.8 Å². The highest BCUT2D eigenvalue weighted by atomic mass is 16.4. The van der Waals surface area contributed by atoms with Gasteiger partial charge in [-0.3, -0.25) is 58.1 Å². The molecule has 0 aromatic rings. The number of aliphatic carboxylic acids is 1. The van der Waals surface area contributed by atoms with Crippen molar-refractivity contribution >= 4 is 76.9 Å². The van der Waals surface area contributed by atoms with Gasteiger partial charge in [0.05, 0.1) is 38.4 Å². The van der Waals surface area contributed by atoms with E-state index >= 15 is 0 Å². The molecule has 78 heavy (non-hydrogen) atoms. The molecule has 0 heterocycles. The number of unbranched alkanes of at least 4 members (excludes halogenated alkanes) is 1. The molecule has 0 aromatic carbocycles. The quantitative estimate of drug-likeness (QED) is 0.0154. The molecule has 34 nitrogen and oxygen atoms in total. The first-order chi connectivity index (χ1) is 36.5. The first-order valence-electron chi connectivity index (χ1n) is 24.7. The zero-order chi connectivity index (χ0) is 60.0. The van der Waals surface area contributed by atoms with Crippen molar-refractivity contribution in [2.45, 2.75) is 158 Å². The van der Waals surface area contributed by atoms with E-state index in [1.807, 2.05) is 0 Å². The molecule has 0 aliphatic carbocycles. The Balaban J connectivity index is 6.54. The van der Waals surface area contributed by atoms with Crippen molar-refractivity contribution in [3.8, 4) is 0 Å². The predicted octanol–water partition coefficient (Wildman–Crippen LogP) is -10.9. The molecule has 0 fully saturated rings. The van der Waals surface area contributed by atoms with Crippen LogP contribution in [-0.2, 0) is 57.5 Å². The Morgan fingerprint density at radius 2 is 0.885 bits per heavy atom. The molecule has 0 aromatic heterocycles. The second kappa shape index (κ2) is 36.6. The van der Waals surface area contributed by atoms with Gasteiger partial charge in [0.25, 0.3) is 0 Å². The van der Waals surface area contributed by atoms with Crippen LogP contribution in [0.3, 0.4) is 0 Å². The molecular formula is C44H80N16O18. The first kappa shape index (κ1) is 70.6. The molecular weight excluding hydrogens is 1040 g/mol. The van der Waals surface area contributed by atoms with E-state index in [1.165, 1.54) is 6.92 Å². The Morgan fingerprint density at radius 3 is 1.35 bits per heavy atom. The largest absolute Gasteiger partial charge is 0.480 e. The van der Waals surface area contributed by atoms with E-state index in [1.54, 1.807) is 6.92 Å². The molecule has 0 rings (SSSR count). The lowest BCUT2D eigenvalue weighted by Crippen LogP contribution is -2.63. The van der Waals surface area contributed by atoms with Gasteiger partial charge in [0.15, 0.2) is 12.0 Å². The van der Waals surface area contributed by atoms with Crippen molar-refractivity contribution in [3.63, 3.8) is 0 Å². The van der Waals surface area contributed by atoms with Gasteiger partial charge in [-0.05, 0) is 64.8 Å². The zero-order valence-corrected chi connectivity index (χ0v) is 43.9. The average Bonchev–Trinajstić information content (AvgIpc) is 3.36. The minimum atomic E-state index is -1.99. The zero-order valence-electron chi connectivity index (χ0n) is 43.9. The van der Waals surface area contributed by atoms with Crippen LogP contribution in [0.5, 0.6) is 0 Å². The number of amides is 11. The van der Waals surface area contributed by atoms with Crippen LogP contribution in [0.1, 0.15) is 85.5 Å². The predicted molar refractivity (Wildman–Crippen MR) is 271 cm³/mol. The summed E-state index contributed by atoms with van der Waals surface area (Å²) in [6.45, 7) is 2.41. The maximum Gasteiger partial charge on any atom is 0.328 e. The van der Waals surface area contributed by atoms with E-state index in [0.717, 1.165) is 13.8 Å². The van der Waals surface area contributed by atoms with Crippen molar-refractivity contribution < 1.29 is 88.2 Å². The lowest BCUT2D eigenvalue weighted by Gasteiger charge is -2.29. The fourth-order valence-corrected chi connectivity index (χ4v) is 6.87.